The first-order valence-electron chi connectivity index (χ1n) is 12.2. The Hall–Kier alpha value is -3.27. The number of amides is 2. The van der Waals surface area contributed by atoms with Crippen LogP contribution in [0.3, 0.4) is 0 Å². The van der Waals surface area contributed by atoms with Gasteiger partial charge < -0.3 is 24.9 Å². The summed E-state index contributed by atoms with van der Waals surface area (Å²) in [6, 6.07) is 11.9. The number of nitrogens with zero attached hydrogens (tertiary/aromatic N) is 3. The standard InChI is InChI=1S/C26H31N5O4/c32-22(16-30-10-7-18-3-1-2-4-20(18)14-30)13-27-26(34)23-17-31-15-21(5-6-24(31)29-23)28-25(33)19-8-11-35-12-9-19/h1-6,15,17,19,22,32H,7-14,16H2,(H,27,34)(H,28,33). The van der Waals surface area contributed by atoms with Crippen LogP contribution < -0.4 is 10.6 Å². The van der Waals surface area contributed by atoms with E-state index in [2.05, 4.69) is 38.7 Å². The van der Waals surface area contributed by atoms with Crippen molar-refractivity contribution < 1.29 is 19.4 Å². The van der Waals surface area contributed by atoms with Crippen molar-refractivity contribution in [2.45, 2.75) is 31.9 Å². The van der Waals surface area contributed by atoms with Gasteiger partial charge in [-0.15, -0.1) is 0 Å². The minimum Gasteiger partial charge on any atom is -0.390 e. The number of nitrogens with one attached hydrogen (secondary N) is 2. The Bertz CT molecular complexity index is 1200. The van der Waals surface area contributed by atoms with E-state index in [9.17, 15) is 14.7 Å². The van der Waals surface area contributed by atoms with E-state index >= 15 is 0 Å². The first-order valence-corrected chi connectivity index (χ1v) is 12.2. The summed E-state index contributed by atoms with van der Waals surface area (Å²) in [7, 11) is 0. The molecular formula is C26H31N5O4. The smallest absolute Gasteiger partial charge is 0.271 e. The topological polar surface area (TPSA) is 108 Å². The maximum atomic E-state index is 12.7. The number of imidazole rings is 1. The predicted molar refractivity (Wildman–Crippen MR) is 131 cm³/mol. The van der Waals surface area contributed by atoms with E-state index in [1.54, 1.807) is 28.9 Å². The number of aliphatic hydroxyl groups is 1. The van der Waals surface area contributed by atoms with Gasteiger partial charge in [-0.3, -0.25) is 14.5 Å². The third-order valence-corrected chi connectivity index (χ3v) is 6.72. The van der Waals surface area contributed by atoms with Gasteiger partial charge in [-0.05, 0) is 42.5 Å². The van der Waals surface area contributed by atoms with Gasteiger partial charge in [0, 0.05) is 57.7 Å². The molecule has 9 nitrogen and oxygen atoms in total. The Morgan fingerprint density at radius 1 is 1.11 bits per heavy atom. The van der Waals surface area contributed by atoms with Crippen LogP contribution in [0.4, 0.5) is 5.69 Å². The zero-order valence-electron chi connectivity index (χ0n) is 19.7. The highest BCUT2D eigenvalue weighted by molar-refractivity contribution is 5.94. The molecule has 3 N–H and O–H groups in total. The molecule has 4 heterocycles. The van der Waals surface area contributed by atoms with Gasteiger partial charge in [0.05, 0.1) is 11.8 Å². The number of anilines is 1. The van der Waals surface area contributed by atoms with E-state index in [-0.39, 0.29) is 30.0 Å². The Labute approximate surface area is 204 Å². The van der Waals surface area contributed by atoms with Gasteiger partial charge in [-0.2, -0.15) is 0 Å². The number of carbonyl (C=O) groups is 2. The van der Waals surface area contributed by atoms with E-state index in [0.717, 1.165) is 32.4 Å². The second-order valence-electron chi connectivity index (χ2n) is 9.30. The number of ether oxygens (including phenoxy) is 1. The zero-order valence-corrected chi connectivity index (χ0v) is 19.7. The number of aromatic nitrogens is 2. The number of aliphatic hydroxyl groups excluding tert-OH is 1. The van der Waals surface area contributed by atoms with Crippen molar-refractivity contribution in [3.8, 4) is 0 Å². The molecule has 2 amide bonds. The lowest BCUT2D eigenvalue weighted by molar-refractivity contribution is -0.122. The van der Waals surface area contributed by atoms with E-state index < -0.39 is 6.10 Å². The average molecular weight is 478 g/mol. The highest BCUT2D eigenvalue weighted by Crippen LogP contribution is 2.19. The monoisotopic (exact) mass is 477 g/mol. The highest BCUT2D eigenvalue weighted by Gasteiger charge is 2.22. The first-order chi connectivity index (χ1) is 17.0. The molecule has 1 aromatic carbocycles. The van der Waals surface area contributed by atoms with Crippen LogP contribution in [0, 0.1) is 5.92 Å². The minimum absolute atomic E-state index is 0.0167. The molecule has 1 atom stereocenters. The molecule has 0 aliphatic carbocycles. The molecule has 1 fully saturated rings. The molecule has 0 bridgehead atoms. The number of hydrogen-bond acceptors (Lipinski definition) is 6. The van der Waals surface area contributed by atoms with Crippen LogP contribution in [0.5, 0.6) is 0 Å². The van der Waals surface area contributed by atoms with Gasteiger partial charge >= 0.3 is 0 Å². The molecule has 2 aromatic heterocycles. The number of rotatable bonds is 7. The van der Waals surface area contributed by atoms with Crippen LogP contribution >= 0.6 is 0 Å². The van der Waals surface area contributed by atoms with Gasteiger partial charge in [0.2, 0.25) is 5.91 Å². The molecule has 35 heavy (non-hydrogen) atoms. The first kappa shape index (κ1) is 23.5. The van der Waals surface area contributed by atoms with E-state index in [1.165, 1.54) is 11.1 Å². The van der Waals surface area contributed by atoms with Crippen molar-refractivity contribution in [2.24, 2.45) is 5.92 Å². The van der Waals surface area contributed by atoms with Gasteiger partial charge in [0.25, 0.3) is 5.91 Å². The van der Waals surface area contributed by atoms with E-state index in [1.807, 2.05) is 6.07 Å². The Kier molecular flexibility index (Phi) is 7.08. The van der Waals surface area contributed by atoms with Crippen molar-refractivity contribution in [3.63, 3.8) is 0 Å². The van der Waals surface area contributed by atoms with E-state index in [0.29, 0.717) is 31.1 Å². The predicted octanol–water partition coefficient (Wildman–Crippen LogP) is 1.85. The maximum Gasteiger partial charge on any atom is 0.271 e. The van der Waals surface area contributed by atoms with E-state index in [4.69, 9.17) is 4.74 Å². The molecule has 0 spiro atoms. The number of carbonyl (C=O) groups excluding carboxylic acids is 2. The molecule has 0 saturated carbocycles. The quantitative estimate of drug-likeness (QED) is 0.479. The molecular weight excluding hydrogens is 446 g/mol. The summed E-state index contributed by atoms with van der Waals surface area (Å²) in [5.74, 6) is -0.406. The van der Waals surface area contributed by atoms with Crippen molar-refractivity contribution in [1.82, 2.24) is 19.6 Å². The van der Waals surface area contributed by atoms with Crippen LogP contribution in [0.15, 0.2) is 48.8 Å². The number of hydrogen-bond donors (Lipinski definition) is 3. The van der Waals surface area contributed by atoms with Crippen LogP contribution in [0.2, 0.25) is 0 Å². The molecule has 2 aliphatic rings. The molecule has 2 aliphatic heterocycles. The Morgan fingerprint density at radius 3 is 2.74 bits per heavy atom. The molecule has 1 unspecified atom stereocenters. The average Bonchev–Trinajstić information content (AvgIpc) is 3.31. The summed E-state index contributed by atoms with van der Waals surface area (Å²) in [5.41, 5.74) is 4.17. The summed E-state index contributed by atoms with van der Waals surface area (Å²) in [5, 5.41) is 16.2. The summed E-state index contributed by atoms with van der Waals surface area (Å²) in [6.45, 7) is 3.56. The SMILES string of the molecule is O=C(NCC(O)CN1CCc2ccccc2C1)c1cn2cc(NC(=O)C3CCOCC3)ccc2n1. The number of fused-ring (bicyclic) bond motifs is 2. The molecule has 184 valence electrons. The lowest BCUT2D eigenvalue weighted by Gasteiger charge is -2.30. The Morgan fingerprint density at radius 2 is 1.91 bits per heavy atom. The summed E-state index contributed by atoms with van der Waals surface area (Å²) >= 11 is 0. The summed E-state index contributed by atoms with van der Waals surface area (Å²) in [6.07, 6.45) is 5.12. The van der Waals surface area contributed by atoms with Gasteiger partial charge in [0.1, 0.15) is 11.3 Å². The second kappa shape index (κ2) is 10.6. The zero-order chi connectivity index (χ0) is 24.2. The third-order valence-electron chi connectivity index (χ3n) is 6.72. The second-order valence-corrected chi connectivity index (χ2v) is 9.30. The highest BCUT2D eigenvalue weighted by atomic mass is 16.5. The van der Waals surface area contributed by atoms with Crippen LogP contribution in [-0.2, 0) is 22.5 Å². The van der Waals surface area contributed by atoms with Crippen molar-refractivity contribution in [1.29, 1.82) is 0 Å². The summed E-state index contributed by atoms with van der Waals surface area (Å²) < 4.78 is 7.04. The molecule has 0 radical (unpaired) electrons. The third kappa shape index (κ3) is 5.70. The summed E-state index contributed by atoms with van der Waals surface area (Å²) in [4.78, 5) is 31.7. The van der Waals surface area contributed by atoms with Gasteiger partial charge in [-0.25, -0.2) is 4.98 Å². The Balaban J connectivity index is 1.13. The lowest BCUT2D eigenvalue weighted by Crippen LogP contribution is -2.42. The van der Waals surface area contributed by atoms with Crippen molar-refractivity contribution in [2.75, 3.05) is 38.2 Å². The fraction of sp³-hybridized carbons (Fsp3) is 0.423. The maximum absolute atomic E-state index is 12.7. The fourth-order valence-corrected chi connectivity index (χ4v) is 4.75. The molecule has 3 aromatic rings. The molecule has 9 heteroatoms. The van der Waals surface area contributed by atoms with Crippen LogP contribution in [-0.4, -0.2) is 70.2 Å². The van der Waals surface area contributed by atoms with Crippen molar-refractivity contribution in [3.05, 3.63) is 65.6 Å². The van der Waals surface area contributed by atoms with Gasteiger partial charge in [0.15, 0.2) is 0 Å². The number of β-amino-alcohol motifs (C(OH)–C–C–N with tert-alkyl or cyclic N) is 1. The number of pyridine rings is 1. The lowest BCUT2D eigenvalue weighted by atomic mass is 9.99. The minimum atomic E-state index is -0.673. The number of benzene rings is 1. The van der Waals surface area contributed by atoms with Crippen LogP contribution in [0.25, 0.3) is 5.65 Å². The van der Waals surface area contributed by atoms with Crippen molar-refractivity contribution >= 4 is 23.1 Å². The van der Waals surface area contributed by atoms with Gasteiger partial charge in [-0.1, -0.05) is 24.3 Å². The van der Waals surface area contributed by atoms with Crippen LogP contribution in [0.1, 0.15) is 34.5 Å². The molecule has 1 saturated heterocycles. The molecule has 5 rings (SSSR count). The normalized spacial score (nSPS) is 17.6. The largest absolute Gasteiger partial charge is 0.390 e. The fourth-order valence-electron chi connectivity index (χ4n) is 4.75.